The zero-order valence-corrected chi connectivity index (χ0v) is 5.09. The minimum Gasteiger partial charge on any atom is -0.348 e. The lowest BCUT2D eigenvalue weighted by Crippen LogP contribution is -2.07. The molecule has 0 rings (SSSR count). The fourth-order valence-corrected chi connectivity index (χ4v) is 0.232. The first-order valence-electron chi connectivity index (χ1n) is 2.66. The number of hydrogen-bond acceptors (Lipinski definition) is 3. The summed E-state index contributed by atoms with van der Waals surface area (Å²) in [6.07, 6.45) is 0. The molecule has 49 valence electrons. The number of hydrogen-bond donors (Lipinski definition) is 1. The van der Waals surface area contributed by atoms with E-state index in [9.17, 15) is 0 Å². The predicted molar refractivity (Wildman–Crippen MR) is 30.9 cm³/mol. The zero-order chi connectivity index (χ0) is 6.24. The average Bonchev–Trinajstić information content (AvgIpc) is 1.81. The maximum absolute atomic E-state index is 5.11. The van der Waals surface area contributed by atoms with Gasteiger partial charge in [-0.15, -0.1) is 0 Å². The highest BCUT2D eigenvalue weighted by Crippen LogP contribution is 1.81. The molecule has 0 fully saturated rings. The lowest BCUT2D eigenvalue weighted by molar-refractivity contribution is 0.0294. The standard InChI is InChI=1S/C5H12NO2/c1-2-7-5-8-4-3-6/h5H,2-4,6H2,1H3. The van der Waals surface area contributed by atoms with Gasteiger partial charge in [-0.2, -0.15) is 0 Å². The summed E-state index contributed by atoms with van der Waals surface area (Å²) in [5, 5.41) is 0. The lowest BCUT2D eigenvalue weighted by Gasteiger charge is -1.98. The van der Waals surface area contributed by atoms with Crippen LogP contribution in [0, 0.1) is 6.79 Å². The molecule has 2 N–H and O–H groups in total. The summed E-state index contributed by atoms with van der Waals surface area (Å²) >= 11 is 0. The fraction of sp³-hybridized carbons (Fsp3) is 0.800. The summed E-state index contributed by atoms with van der Waals surface area (Å²) in [4.78, 5) is 0. The molecule has 0 aliphatic carbocycles. The van der Waals surface area contributed by atoms with Gasteiger partial charge < -0.3 is 15.2 Å². The Morgan fingerprint density at radius 2 is 2.25 bits per heavy atom. The van der Waals surface area contributed by atoms with E-state index in [0.717, 1.165) is 0 Å². The smallest absolute Gasteiger partial charge is 0.209 e. The van der Waals surface area contributed by atoms with Gasteiger partial charge in [0.05, 0.1) is 6.61 Å². The first kappa shape index (κ1) is 7.88. The van der Waals surface area contributed by atoms with Crippen molar-refractivity contribution in [2.45, 2.75) is 6.92 Å². The monoisotopic (exact) mass is 118 g/mol. The summed E-state index contributed by atoms with van der Waals surface area (Å²) < 4.78 is 9.48. The second kappa shape index (κ2) is 6.88. The van der Waals surface area contributed by atoms with E-state index in [1.807, 2.05) is 6.92 Å². The van der Waals surface area contributed by atoms with Crippen molar-refractivity contribution in [3.63, 3.8) is 0 Å². The van der Waals surface area contributed by atoms with Crippen molar-refractivity contribution in [1.82, 2.24) is 0 Å². The first-order valence-corrected chi connectivity index (χ1v) is 2.66. The van der Waals surface area contributed by atoms with Crippen LogP contribution < -0.4 is 5.73 Å². The van der Waals surface area contributed by atoms with Crippen LogP contribution in [0.4, 0.5) is 0 Å². The Morgan fingerprint density at radius 1 is 1.50 bits per heavy atom. The van der Waals surface area contributed by atoms with Gasteiger partial charge in [-0.1, -0.05) is 0 Å². The molecule has 0 amide bonds. The van der Waals surface area contributed by atoms with E-state index in [4.69, 9.17) is 15.2 Å². The van der Waals surface area contributed by atoms with Crippen molar-refractivity contribution in [3.8, 4) is 0 Å². The average molecular weight is 118 g/mol. The van der Waals surface area contributed by atoms with Crippen molar-refractivity contribution in [2.24, 2.45) is 5.73 Å². The highest BCUT2D eigenvalue weighted by molar-refractivity contribution is 4.31. The van der Waals surface area contributed by atoms with Gasteiger partial charge in [0.15, 0.2) is 0 Å². The van der Waals surface area contributed by atoms with Crippen LogP contribution in [-0.4, -0.2) is 19.8 Å². The van der Waals surface area contributed by atoms with Gasteiger partial charge in [0.25, 0.3) is 0 Å². The molecule has 3 nitrogen and oxygen atoms in total. The Labute approximate surface area is 49.8 Å². The second-order valence-electron chi connectivity index (χ2n) is 1.21. The van der Waals surface area contributed by atoms with E-state index in [1.165, 1.54) is 6.79 Å². The highest BCUT2D eigenvalue weighted by Gasteiger charge is 1.82. The molecule has 0 heterocycles. The van der Waals surface area contributed by atoms with E-state index in [0.29, 0.717) is 19.8 Å². The normalized spacial score (nSPS) is 9.75. The lowest BCUT2D eigenvalue weighted by atomic mass is 10.7. The van der Waals surface area contributed by atoms with Gasteiger partial charge in [0, 0.05) is 13.2 Å². The molecule has 0 aliphatic rings. The Bertz CT molecular complexity index is 35.4. The molecule has 0 bridgehead atoms. The first-order chi connectivity index (χ1) is 3.91. The zero-order valence-electron chi connectivity index (χ0n) is 5.09. The van der Waals surface area contributed by atoms with Crippen LogP contribution in [-0.2, 0) is 9.47 Å². The van der Waals surface area contributed by atoms with Crippen LogP contribution in [0.1, 0.15) is 6.92 Å². The Morgan fingerprint density at radius 3 is 2.75 bits per heavy atom. The molecule has 0 spiro atoms. The summed E-state index contributed by atoms with van der Waals surface area (Å²) in [5.74, 6) is 0. The summed E-state index contributed by atoms with van der Waals surface area (Å²) in [5.41, 5.74) is 5.11. The fourth-order valence-electron chi connectivity index (χ4n) is 0.232. The Balaban J connectivity index is 2.53. The summed E-state index contributed by atoms with van der Waals surface area (Å²) in [7, 11) is 0. The number of rotatable bonds is 5. The molecule has 3 heteroatoms. The van der Waals surface area contributed by atoms with E-state index in [2.05, 4.69) is 0 Å². The predicted octanol–water partition coefficient (Wildman–Crippen LogP) is 0.117. The molecule has 0 aromatic rings. The van der Waals surface area contributed by atoms with Crippen molar-refractivity contribution in [3.05, 3.63) is 6.79 Å². The van der Waals surface area contributed by atoms with Crippen LogP contribution in [0.3, 0.4) is 0 Å². The van der Waals surface area contributed by atoms with Crippen LogP contribution in [0.2, 0.25) is 0 Å². The minimum atomic E-state index is 0.528. The third-order valence-corrected chi connectivity index (χ3v) is 0.538. The minimum absolute atomic E-state index is 0.528. The number of nitrogens with two attached hydrogens (primary N) is 1. The van der Waals surface area contributed by atoms with E-state index >= 15 is 0 Å². The summed E-state index contributed by atoms with van der Waals surface area (Å²) in [6, 6.07) is 0. The van der Waals surface area contributed by atoms with E-state index in [-0.39, 0.29) is 0 Å². The molecule has 8 heavy (non-hydrogen) atoms. The van der Waals surface area contributed by atoms with Crippen molar-refractivity contribution < 1.29 is 9.47 Å². The second-order valence-corrected chi connectivity index (χ2v) is 1.21. The molecule has 1 radical (unpaired) electrons. The molecule has 0 atom stereocenters. The molecule has 0 aromatic heterocycles. The largest absolute Gasteiger partial charge is 0.348 e. The highest BCUT2D eigenvalue weighted by atomic mass is 16.7. The maximum Gasteiger partial charge on any atom is 0.209 e. The van der Waals surface area contributed by atoms with Crippen molar-refractivity contribution in [2.75, 3.05) is 19.8 Å². The molecular weight excluding hydrogens is 106 g/mol. The maximum atomic E-state index is 5.11. The van der Waals surface area contributed by atoms with Gasteiger partial charge >= 0.3 is 0 Å². The quantitative estimate of drug-likeness (QED) is 0.521. The number of ether oxygens (including phenoxy) is 2. The van der Waals surface area contributed by atoms with Gasteiger partial charge in [-0.05, 0) is 6.92 Å². The molecular formula is C5H12NO2. The van der Waals surface area contributed by atoms with Gasteiger partial charge in [0.1, 0.15) is 0 Å². The van der Waals surface area contributed by atoms with Gasteiger partial charge in [-0.3, -0.25) is 0 Å². The molecule has 0 aromatic carbocycles. The molecule has 0 unspecified atom stereocenters. The van der Waals surface area contributed by atoms with Crippen molar-refractivity contribution >= 4 is 0 Å². The summed E-state index contributed by atoms with van der Waals surface area (Å²) in [6.45, 7) is 4.91. The van der Waals surface area contributed by atoms with Gasteiger partial charge in [0.2, 0.25) is 6.79 Å². The van der Waals surface area contributed by atoms with E-state index < -0.39 is 0 Å². The van der Waals surface area contributed by atoms with Crippen LogP contribution in [0.25, 0.3) is 0 Å². The van der Waals surface area contributed by atoms with Crippen LogP contribution in [0.5, 0.6) is 0 Å². The third-order valence-electron chi connectivity index (χ3n) is 0.538. The SMILES string of the molecule is CCO[CH]OCCN. The Kier molecular flexibility index (Phi) is 6.78. The van der Waals surface area contributed by atoms with Crippen LogP contribution in [0.15, 0.2) is 0 Å². The topological polar surface area (TPSA) is 44.5 Å². The van der Waals surface area contributed by atoms with Crippen molar-refractivity contribution in [1.29, 1.82) is 0 Å². The van der Waals surface area contributed by atoms with E-state index in [1.54, 1.807) is 0 Å². The molecule has 0 saturated carbocycles. The van der Waals surface area contributed by atoms with Crippen LogP contribution >= 0.6 is 0 Å². The third kappa shape index (κ3) is 5.88. The molecule has 0 saturated heterocycles. The van der Waals surface area contributed by atoms with Gasteiger partial charge in [-0.25, -0.2) is 0 Å². The Hall–Kier alpha value is -0.120. The molecule has 0 aliphatic heterocycles.